The Kier molecular flexibility index (Phi) is 7.08. The first-order valence-electron chi connectivity index (χ1n) is 13.1. The van der Waals surface area contributed by atoms with Crippen LogP contribution in [0.15, 0.2) is 72.8 Å². The Morgan fingerprint density at radius 1 is 0.892 bits per heavy atom. The number of nitrogens with zero attached hydrogens (tertiary/aromatic N) is 1. The van der Waals surface area contributed by atoms with Crippen molar-refractivity contribution >= 4 is 17.3 Å². The molecule has 6 heteroatoms. The third kappa shape index (κ3) is 5.01. The lowest BCUT2D eigenvalue weighted by molar-refractivity contribution is -0.0424. The van der Waals surface area contributed by atoms with Crippen molar-refractivity contribution in [2.24, 2.45) is 11.8 Å². The van der Waals surface area contributed by atoms with Crippen LogP contribution in [0.5, 0.6) is 11.5 Å². The zero-order chi connectivity index (χ0) is 26.2. The van der Waals surface area contributed by atoms with Gasteiger partial charge in [-0.05, 0) is 81.0 Å². The van der Waals surface area contributed by atoms with Crippen molar-refractivity contribution in [1.29, 1.82) is 0 Å². The van der Waals surface area contributed by atoms with Crippen molar-refractivity contribution in [3.8, 4) is 11.5 Å². The molecule has 1 saturated heterocycles. The lowest BCUT2D eigenvalue weighted by Crippen LogP contribution is -2.40. The van der Waals surface area contributed by atoms with Crippen molar-refractivity contribution in [3.05, 3.63) is 83.9 Å². The van der Waals surface area contributed by atoms with Gasteiger partial charge in [0.1, 0.15) is 5.75 Å². The number of carbonyl (C=O) groups excluding carboxylic acids is 1. The average Bonchev–Trinajstić information content (AvgIpc) is 3.13. The van der Waals surface area contributed by atoms with Crippen molar-refractivity contribution in [1.82, 2.24) is 0 Å². The molecule has 4 atom stereocenters. The summed E-state index contributed by atoms with van der Waals surface area (Å²) >= 11 is 0. The number of para-hydroxylation sites is 3. The first-order valence-corrected chi connectivity index (χ1v) is 13.1. The van der Waals surface area contributed by atoms with Gasteiger partial charge in [0.05, 0.1) is 29.1 Å². The minimum absolute atomic E-state index is 0.0142. The fourth-order valence-corrected chi connectivity index (χ4v) is 5.99. The fraction of sp³-hybridized carbons (Fsp3) is 0.387. The molecule has 0 aliphatic carbocycles. The minimum atomic E-state index is -0.867. The quantitative estimate of drug-likeness (QED) is 0.423. The molecule has 0 saturated carbocycles. The zero-order valence-electron chi connectivity index (χ0n) is 21.6. The third-order valence-corrected chi connectivity index (χ3v) is 7.69. The Bertz CT molecular complexity index is 1250. The minimum Gasteiger partial charge on any atom is -0.454 e. The lowest BCUT2D eigenvalue weighted by Gasteiger charge is -2.32. The van der Waals surface area contributed by atoms with E-state index in [-0.39, 0.29) is 36.6 Å². The van der Waals surface area contributed by atoms with Gasteiger partial charge in [0.25, 0.3) is 5.91 Å². The van der Waals surface area contributed by atoms with Crippen LogP contribution in [0.4, 0.5) is 11.4 Å². The smallest absolute Gasteiger partial charge is 0.266 e. The molecule has 3 aromatic rings. The summed E-state index contributed by atoms with van der Waals surface area (Å²) in [4.78, 5) is 15.3. The summed E-state index contributed by atoms with van der Waals surface area (Å²) in [5.41, 5.74) is 2.29. The second-order valence-corrected chi connectivity index (χ2v) is 10.7. The molecule has 0 bridgehead atoms. The fourth-order valence-electron chi connectivity index (χ4n) is 5.99. The molecule has 0 spiro atoms. The molecule has 2 N–H and O–H groups in total. The number of carbonyl (C=O) groups is 1. The molecule has 1 fully saturated rings. The molecule has 0 radical (unpaired) electrons. The predicted octanol–water partition coefficient (Wildman–Crippen LogP) is 5.88. The monoisotopic (exact) mass is 501 g/mol. The molecule has 2 aliphatic heterocycles. The van der Waals surface area contributed by atoms with Gasteiger partial charge in [0.2, 0.25) is 0 Å². The highest BCUT2D eigenvalue weighted by atomic mass is 16.5. The molecule has 3 aromatic carbocycles. The van der Waals surface area contributed by atoms with E-state index in [1.807, 2.05) is 68.4 Å². The maximum Gasteiger partial charge on any atom is 0.266 e. The van der Waals surface area contributed by atoms with Gasteiger partial charge in [-0.1, -0.05) is 43.3 Å². The number of hydrogen-bond donors (Lipinski definition) is 2. The van der Waals surface area contributed by atoms with E-state index >= 15 is 0 Å². The van der Waals surface area contributed by atoms with Gasteiger partial charge in [-0.3, -0.25) is 9.69 Å². The Morgan fingerprint density at radius 2 is 1.57 bits per heavy atom. The number of benzene rings is 3. The van der Waals surface area contributed by atoms with E-state index in [0.717, 1.165) is 24.1 Å². The molecule has 2 heterocycles. The first kappa shape index (κ1) is 25.5. The standard InChI is InChI=1S/C31H35NO5/c1-20-25(36-28(18-19-33)29(20)31(2,3)35)17-14-21-12-15-22(16-13-21)32-24-9-5-7-11-27(24)37-26-10-6-4-8-23(26)30(32)34/h4-13,15-16,20,25,28-29,33,35H,14,17-19H2,1-3H3/t20-,25+,28-,29+/m0/s1. The highest BCUT2D eigenvalue weighted by molar-refractivity contribution is 6.14. The summed E-state index contributed by atoms with van der Waals surface area (Å²) < 4.78 is 12.4. The second kappa shape index (κ2) is 10.3. The van der Waals surface area contributed by atoms with Gasteiger partial charge >= 0.3 is 0 Å². The summed E-state index contributed by atoms with van der Waals surface area (Å²) in [5, 5.41) is 20.2. The topological polar surface area (TPSA) is 79.2 Å². The van der Waals surface area contributed by atoms with Gasteiger partial charge in [0.15, 0.2) is 5.75 Å². The van der Waals surface area contributed by atoms with E-state index in [1.165, 1.54) is 0 Å². The van der Waals surface area contributed by atoms with Gasteiger partial charge in [0, 0.05) is 18.2 Å². The molecule has 0 aromatic heterocycles. The van der Waals surface area contributed by atoms with E-state index in [0.29, 0.717) is 29.2 Å². The highest BCUT2D eigenvalue weighted by Crippen LogP contribution is 2.43. The Hall–Kier alpha value is -3.19. The number of anilines is 2. The Labute approximate surface area is 218 Å². The first-order chi connectivity index (χ1) is 17.8. The van der Waals surface area contributed by atoms with E-state index in [1.54, 1.807) is 11.0 Å². The van der Waals surface area contributed by atoms with Crippen molar-refractivity contribution in [2.75, 3.05) is 11.5 Å². The highest BCUT2D eigenvalue weighted by Gasteiger charge is 2.47. The van der Waals surface area contributed by atoms with Gasteiger partial charge in [-0.25, -0.2) is 0 Å². The van der Waals surface area contributed by atoms with E-state index in [4.69, 9.17) is 9.47 Å². The number of fused-ring (bicyclic) bond motifs is 2. The van der Waals surface area contributed by atoms with E-state index < -0.39 is 5.60 Å². The van der Waals surface area contributed by atoms with Crippen LogP contribution in [0.1, 0.15) is 49.5 Å². The van der Waals surface area contributed by atoms with Gasteiger partial charge in [-0.15, -0.1) is 0 Å². The molecule has 1 amide bonds. The van der Waals surface area contributed by atoms with Crippen LogP contribution in [0, 0.1) is 11.8 Å². The van der Waals surface area contributed by atoms with Crippen LogP contribution in [0.3, 0.4) is 0 Å². The van der Waals surface area contributed by atoms with Gasteiger partial charge < -0.3 is 19.7 Å². The van der Waals surface area contributed by atoms with Crippen LogP contribution in [0.2, 0.25) is 0 Å². The maximum atomic E-state index is 13.6. The predicted molar refractivity (Wildman–Crippen MR) is 144 cm³/mol. The summed E-state index contributed by atoms with van der Waals surface area (Å²) in [6, 6.07) is 23.0. The molecule has 5 rings (SSSR count). The molecule has 37 heavy (non-hydrogen) atoms. The molecule has 2 aliphatic rings. The summed E-state index contributed by atoms with van der Waals surface area (Å²) in [5.74, 6) is 1.21. The Balaban J connectivity index is 1.34. The second-order valence-electron chi connectivity index (χ2n) is 10.7. The van der Waals surface area contributed by atoms with Crippen LogP contribution >= 0.6 is 0 Å². The number of aryl methyl sites for hydroxylation is 1. The normalized spacial score (nSPS) is 23.3. The number of ether oxygens (including phenoxy) is 2. The van der Waals surface area contributed by atoms with Crippen molar-refractivity contribution < 1.29 is 24.5 Å². The SMILES string of the molecule is C[C@@H]1[C@@H](C(C)(C)O)[C@H](CCO)O[C@@H]1CCc1ccc(N2C(=O)c3ccccc3Oc3ccccc32)cc1. The number of hydrogen-bond acceptors (Lipinski definition) is 5. The molecule has 6 nitrogen and oxygen atoms in total. The molecule has 194 valence electrons. The van der Waals surface area contributed by atoms with Crippen LogP contribution in [-0.4, -0.2) is 40.5 Å². The van der Waals surface area contributed by atoms with Crippen LogP contribution in [-0.2, 0) is 11.2 Å². The molecular weight excluding hydrogens is 466 g/mol. The number of amides is 1. The summed E-state index contributed by atoms with van der Waals surface area (Å²) in [6.07, 6.45) is 2.03. The molecular formula is C31H35NO5. The number of aliphatic hydroxyl groups is 2. The number of rotatable bonds is 7. The van der Waals surface area contributed by atoms with Crippen LogP contribution < -0.4 is 9.64 Å². The van der Waals surface area contributed by atoms with E-state index in [2.05, 4.69) is 19.1 Å². The zero-order valence-corrected chi connectivity index (χ0v) is 21.6. The maximum absolute atomic E-state index is 13.6. The van der Waals surface area contributed by atoms with Crippen LogP contribution in [0.25, 0.3) is 0 Å². The summed E-state index contributed by atoms with van der Waals surface area (Å²) in [7, 11) is 0. The molecule has 0 unspecified atom stereocenters. The van der Waals surface area contributed by atoms with Crippen molar-refractivity contribution in [3.63, 3.8) is 0 Å². The van der Waals surface area contributed by atoms with Gasteiger partial charge in [-0.2, -0.15) is 0 Å². The summed E-state index contributed by atoms with van der Waals surface area (Å²) in [6.45, 7) is 5.84. The van der Waals surface area contributed by atoms with E-state index in [9.17, 15) is 15.0 Å². The average molecular weight is 502 g/mol. The number of aliphatic hydroxyl groups excluding tert-OH is 1. The largest absolute Gasteiger partial charge is 0.454 e. The lowest BCUT2D eigenvalue weighted by atomic mass is 9.76. The Morgan fingerprint density at radius 3 is 2.27 bits per heavy atom. The third-order valence-electron chi connectivity index (χ3n) is 7.69. The van der Waals surface area contributed by atoms with Crippen molar-refractivity contribution in [2.45, 2.75) is 57.8 Å².